The van der Waals surface area contributed by atoms with E-state index in [9.17, 15) is 4.79 Å². The van der Waals surface area contributed by atoms with Gasteiger partial charge in [0.05, 0.1) is 5.02 Å². The summed E-state index contributed by atoms with van der Waals surface area (Å²) in [5.74, 6) is 0.00750. The first kappa shape index (κ1) is 9.93. The van der Waals surface area contributed by atoms with Crippen LogP contribution in [0.15, 0.2) is 30.6 Å². The van der Waals surface area contributed by atoms with Crippen molar-refractivity contribution in [1.82, 2.24) is 4.98 Å². The summed E-state index contributed by atoms with van der Waals surface area (Å²) in [6, 6.07) is 1.74. The summed E-state index contributed by atoms with van der Waals surface area (Å²) in [5, 5.41) is 0.525. The Morgan fingerprint density at radius 2 is 2.38 bits per heavy atom. The maximum absolute atomic E-state index is 11.3. The number of carbonyl (C=O) groups excluding carboxylic acids is 1. The van der Waals surface area contributed by atoms with Crippen LogP contribution in [-0.2, 0) is 11.2 Å². The van der Waals surface area contributed by atoms with Gasteiger partial charge in [-0.2, -0.15) is 0 Å². The number of hydrogen-bond donors (Lipinski definition) is 0. The monoisotopic (exact) mass is 195 g/mol. The Labute approximate surface area is 82.3 Å². The zero-order chi connectivity index (χ0) is 9.84. The lowest BCUT2D eigenvalue weighted by Crippen LogP contribution is -2.03. The second-order valence-electron chi connectivity index (χ2n) is 2.85. The summed E-state index contributed by atoms with van der Waals surface area (Å²) in [7, 11) is 0. The van der Waals surface area contributed by atoms with Crippen LogP contribution in [0.5, 0.6) is 0 Å². The van der Waals surface area contributed by atoms with E-state index in [0.29, 0.717) is 17.0 Å². The molecule has 1 aromatic rings. The Balaban J connectivity index is 2.81. The van der Waals surface area contributed by atoms with Gasteiger partial charge in [0.1, 0.15) is 0 Å². The minimum atomic E-state index is 0.00750. The normalized spacial score (nSPS) is 9.69. The number of halogens is 1. The van der Waals surface area contributed by atoms with Gasteiger partial charge in [-0.1, -0.05) is 18.2 Å². The highest BCUT2D eigenvalue weighted by molar-refractivity contribution is 6.31. The number of nitrogens with zero attached hydrogens (tertiary/aromatic N) is 1. The predicted octanol–water partition coefficient (Wildman–Crippen LogP) is 2.42. The second-order valence-corrected chi connectivity index (χ2v) is 3.25. The number of ketones is 1. The smallest absolute Gasteiger partial charge is 0.162 e. The van der Waals surface area contributed by atoms with E-state index in [-0.39, 0.29) is 5.78 Å². The number of pyridine rings is 1. The third kappa shape index (κ3) is 2.67. The summed E-state index contributed by atoms with van der Waals surface area (Å²) in [6.45, 7) is 5.26. The van der Waals surface area contributed by atoms with Crippen molar-refractivity contribution in [2.75, 3.05) is 0 Å². The predicted molar refractivity (Wildman–Crippen MR) is 52.8 cm³/mol. The largest absolute Gasteiger partial charge is 0.294 e. The SMILES string of the molecule is C=C(C)C(=O)Cc1ccncc1Cl. The molecule has 0 aliphatic carbocycles. The van der Waals surface area contributed by atoms with E-state index in [1.807, 2.05) is 0 Å². The van der Waals surface area contributed by atoms with E-state index in [0.717, 1.165) is 5.56 Å². The number of Topliss-reactive ketones (excluding diaryl/α,β-unsaturated/α-hetero) is 1. The molecular formula is C10H10ClNO. The molecule has 0 saturated heterocycles. The molecule has 3 heteroatoms. The molecule has 1 rings (SSSR count). The number of rotatable bonds is 3. The first-order valence-corrected chi connectivity index (χ1v) is 4.26. The van der Waals surface area contributed by atoms with Gasteiger partial charge in [0.25, 0.3) is 0 Å². The first-order chi connectivity index (χ1) is 6.11. The van der Waals surface area contributed by atoms with Crippen LogP contribution in [0.2, 0.25) is 5.02 Å². The van der Waals surface area contributed by atoms with Crippen LogP contribution < -0.4 is 0 Å². The third-order valence-corrected chi connectivity index (χ3v) is 2.02. The first-order valence-electron chi connectivity index (χ1n) is 3.88. The minimum absolute atomic E-state index is 0.00750. The highest BCUT2D eigenvalue weighted by Crippen LogP contribution is 2.15. The number of carbonyl (C=O) groups is 1. The summed E-state index contributed by atoms with van der Waals surface area (Å²) >= 11 is 5.83. The number of hydrogen-bond acceptors (Lipinski definition) is 2. The molecule has 0 atom stereocenters. The molecule has 0 unspecified atom stereocenters. The van der Waals surface area contributed by atoms with E-state index in [1.165, 1.54) is 6.20 Å². The molecular weight excluding hydrogens is 186 g/mol. The zero-order valence-electron chi connectivity index (χ0n) is 7.38. The summed E-state index contributed by atoms with van der Waals surface area (Å²) in [4.78, 5) is 15.1. The molecule has 0 saturated carbocycles. The number of aromatic nitrogens is 1. The van der Waals surface area contributed by atoms with Gasteiger partial charge in [-0.3, -0.25) is 9.78 Å². The van der Waals surface area contributed by atoms with Crippen molar-refractivity contribution in [2.24, 2.45) is 0 Å². The Bertz CT molecular complexity index is 347. The maximum Gasteiger partial charge on any atom is 0.162 e. The average Bonchev–Trinajstić information content (AvgIpc) is 2.08. The van der Waals surface area contributed by atoms with Crippen molar-refractivity contribution in [2.45, 2.75) is 13.3 Å². The van der Waals surface area contributed by atoms with Gasteiger partial charge in [0.2, 0.25) is 0 Å². The molecule has 0 spiro atoms. The fourth-order valence-corrected chi connectivity index (χ4v) is 1.06. The Morgan fingerprint density at radius 3 is 2.92 bits per heavy atom. The molecule has 68 valence electrons. The molecule has 0 amide bonds. The van der Waals surface area contributed by atoms with Gasteiger partial charge in [-0.15, -0.1) is 0 Å². The van der Waals surface area contributed by atoms with Crippen LogP contribution in [0.25, 0.3) is 0 Å². The van der Waals surface area contributed by atoms with Crippen molar-refractivity contribution >= 4 is 17.4 Å². The van der Waals surface area contributed by atoms with Crippen LogP contribution in [0.1, 0.15) is 12.5 Å². The maximum atomic E-state index is 11.3. The van der Waals surface area contributed by atoms with E-state index in [4.69, 9.17) is 11.6 Å². The van der Waals surface area contributed by atoms with Gasteiger partial charge < -0.3 is 0 Å². The van der Waals surface area contributed by atoms with Crippen molar-refractivity contribution in [3.8, 4) is 0 Å². The lowest BCUT2D eigenvalue weighted by Gasteiger charge is -2.01. The van der Waals surface area contributed by atoms with Gasteiger partial charge in [-0.05, 0) is 24.1 Å². The fourth-order valence-electron chi connectivity index (χ4n) is 0.871. The van der Waals surface area contributed by atoms with Crippen molar-refractivity contribution in [1.29, 1.82) is 0 Å². The van der Waals surface area contributed by atoms with Crippen molar-refractivity contribution < 1.29 is 4.79 Å². The van der Waals surface area contributed by atoms with Crippen molar-refractivity contribution in [3.63, 3.8) is 0 Å². The van der Waals surface area contributed by atoms with Gasteiger partial charge in [0.15, 0.2) is 5.78 Å². The van der Waals surface area contributed by atoms with Gasteiger partial charge in [0, 0.05) is 18.8 Å². The topological polar surface area (TPSA) is 30.0 Å². The fraction of sp³-hybridized carbons (Fsp3) is 0.200. The van der Waals surface area contributed by atoms with E-state index in [1.54, 1.807) is 19.2 Å². The molecule has 0 aliphatic heterocycles. The van der Waals surface area contributed by atoms with Crippen LogP contribution in [0.3, 0.4) is 0 Å². The number of allylic oxidation sites excluding steroid dienone is 1. The molecule has 0 aliphatic rings. The van der Waals surface area contributed by atoms with E-state index in [2.05, 4.69) is 11.6 Å². The van der Waals surface area contributed by atoms with Gasteiger partial charge in [-0.25, -0.2) is 0 Å². The molecule has 0 bridgehead atoms. The highest BCUT2D eigenvalue weighted by Gasteiger charge is 2.06. The average molecular weight is 196 g/mol. The summed E-state index contributed by atoms with van der Waals surface area (Å²) in [6.07, 6.45) is 3.45. The van der Waals surface area contributed by atoms with Crippen LogP contribution >= 0.6 is 11.6 Å². The van der Waals surface area contributed by atoms with E-state index < -0.39 is 0 Å². The molecule has 0 radical (unpaired) electrons. The molecule has 1 heterocycles. The lowest BCUT2D eigenvalue weighted by atomic mass is 10.1. The summed E-state index contributed by atoms with van der Waals surface area (Å²) < 4.78 is 0. The Kier molecular flexibility index (Phi) is 3.20. The van der Waals surface area contributed by atoms with Crippen LogP contribution in [0.4, 0.5) is 0 Å². The molecule has 1 aromatic heterocycles. The molecule has 0 N–H and O–H groups in total. The summed E-state index contributed by atoms with van der Waals surface area (Å²) in [5.41, 5.74) is 1.34. The lowest BCUT2D eigenvalue weighted by molar-refractivity contribution is -0.114. The van der Waals surface area contributed by atoms with Crippen LogP contribution in [-0.4, -0.2) is 10.8 Å². The van der Waals surface area contributed by atoms with E-state index >= 15 is 0 Å². The standard InChI is InChI=1S/C10H10ClNO/c1-7(2)10(13)5-8-3-4-12-6-9(8)11/h3-4,6H,1,5H2,2H3. The Morgan fingerprint density at radius 1 is 1.69 bits per heavy atom. The highest BCUT2D eigenvalue weighted by atomic mass is 35.5. The van der Waals surface area contributed by atoms with Crippen LogP contribution in [0, 0.1) is 0 Å². The van der Waals surface area contributed by atoms with Crippen molar-refractivity contribution in [3.05, 3.63) is 41.2 Å². The molecule has 13 heavy (non-hydrogen) atoms. The molecule has 0 fully saturated rings. The second kappa shape index (κ2) is 4.19. The zero-order valence-corrected chi connectivity index (χ0v) is 8.14. The molecule has 0 aromatic carbocycles. The minimum Gasteiger partial charge on any atom is -0.294 e. The molecule has 2 nitrogen and oxygen atoms in total. The Hall–Kier alpha value is -1.15. The van der Waals surface area contributed by atoms with Gasteiger partial charge >= 0.3 is 0 Å². The third-order valence-electron chi connectivity index (χ3n) is 1.68. The quantitative estimate of drug-likeness (QED) is 0.694.